The molecule has 1 N–H and O–H groups in total. The number of aryl methyl sites for hydroxylation is 1. The van der Waals surface area contributed by atoms with Crippen molar-refractivity contribution in [1.82, 2.24) is 4.98 Å². The van der Waals surface area contributed by atoms with E-state index in [1.807, 2.05) is 42.5 Å². The predicted molar refractivity (Wildman–Crippen MR) is 102 cm³/mol. The van der Waals surface area contributed by atoms with Crippen LogP contribution in [0.2, 0.25) is 0 Å². The lowest BCUT2D eigenvalue weighted by molar-refractivity contribution is -0.116. The van der Waals surface area contributed by atoms with E-state index in [1.165, 1.54) is 18.4 Å². The van der Waals surface area contributed by atoms with E-state index >= 15 is 0 Å². The Hall–Kier alpha value is -2.99. The van der Waals surface area contributed by atoms with Gasteiger partial charge >= 0.3 is 5.97 Å². The van der Waals surface area contributed by atoms with Crippen LogP contribution in [0.5, 0.6) is 0 Å². The number of anilines is 1. The summed E-state index contributed by atoms with van der Waals surface area (Å²) in [5.74, 6) is -0.406. The van der Waals surface area contributed by atoms with Gasteiger partial charge in [0.25, 0.3) is 0 Å². The van der Waals surface area contributed by atoms with Crippen molar-refractivity contribution in [3.8, 4) is 10.6 Å². The number of ether oxygens (including phenoxy) is 1. The van der Waals surface area contributed by atoms with Gasteiger partial charge in [-0.1, -0.05) is 30.3 Å². The quantitative estimate of drug-likeness (QED) is 0.665. The molecule has 3 aromatic rings. The number of pyridine rings is 1. The fourth-order valence-corrected chi connectivity index (χ4v) is 3.33. The standard InChI is InChI=1S/C20H18N2O3S/c1-25-20(24)18-11-10-17(26-18)16-9-8-15(13-21-16)22-19(23)12-7-14-5-3-2-4-6-14/h2-6,8-11,13H,7,12H2,1H3,(H,22,23). The normalized spacial score (nSPS) is 10.3. The Kier molecular flexibility index (Phi) is 5.76. The molecule has 0 saturated carbocycles. The minimum Gasteiger partial charge on any atom is -0.465 e. The molecule has 0 fully saturated rings. The maximum absolute atomic E-state index is 12.1. The summed E-state index contributed by atoms with van der Waals surface area (Å²) >= 11 is 1.32. The van der Waals surface area contributed by atoms with Crippen molar-refractivity contribution in [2.24, 2.45) is 0 Å². The first-order valence-corrected chi connectivity index (χ1v) is 8.96. The Morgan fingerprint density at radius 3 is 2.58 bits per heavy atom. The van der Waals surface area contributed by atoms with E-state index in [2.05, 4.69) is 10.3 Å². The maximum atomic E-state index is 12.1. The number of thiophene rings is 1. The van der Waals surface area contributed by atoms with Gasteiger partial charge in [-0.15, -0.1) is 11.3 Å². The van der Waals surface area contributed by atoms with E-state index in [-0.39, 0.29) is 11.9 Å². The molecular weight excluding hydrogens is 348 g/mol. The van der Waals surface area contributed by atoms with Gasteiger partial charge in [0.15, 0.2) is 0 Å². The molecule has 1 amide bonds. The Labute approximate surface area is 155 Å². The van der Waals surface area contributed by atoms with Crippen molar-refractivity contribution < 1.29 is 14.3 Å². The van der Waals surface area contributed by atoms with Crippen molar-refractivity contribution in [2.45, 2.75) is 12.8 Å². The van der Waals surface area contributed by atoms with E-state index in [0.717, 1.165) is 16.1 Å². The second-order valence-electron chi connectivity index (χ2n) is 5.62. The van der Waals surface area contributed by atoms with Crippen molar-refractivity contribution in [3.05, 3.63) is 71.2 Å². The Balaban J connectivity index is 1.58. The van der Waals surface area contributed by atoms with Crippen LogP contribution in [0.25, 0.3) is 10.6 Å². The minimum absolute atomic E-state index is 0.0486. The summed E-state index contributed by atoms with van der Waals surface area (Å²) in [7, 11) is 1.36. The third-order valence-electron chi connectivity index (χ3n) is 3.78. The number of carbonyl (C=O) groups excluding carboxylic acids is 2. The lowest BCUT2D eigenvalue weighted by Gasteiger charge is -2.06. The van der Waals surface area contributed by atoms with Crippen molar-refractivity contribution in [2.75, 3.05) is 12.4 Å². The number of carbonyl (C=O) groups is 2. The number of benzene rings is 1. The van der Waals surface area contributed by atoms with Crippen LogP contribution < -0.4 is 5.32 Å². The highest BCUT2D eigenvalue weighted by molar-refractivity contribution is 7.17. The van der Waals surface area contributed by atoms with Gasteiger partial charge in [0, 0.05) is 6.42 Å². The highest BCUT2D eigenvalue weighted by Crippen LogP contribution is 2.27. The first-order valence-electron chi connectivity index (χ1n) is 8.14. The van der Waals surface area contributed by atoms with Gasteiger partial charge in [-0.05, 0) is 36.2 Å². The topological polar surface area (TPSA) is 68.3 Å². The average Bonchev–Trinajstić information content (AvgIpc) is 3.17. The third-order valence-corrected chi connectivity index (χ3v) is 4.86. The van der Waals surface area contributed by atoms with Crippen LogP contribution in [0.4, 0.5) is 5.69 Å². The summed E-state index contributed by atoms with van der Waals surface area (Å²) in [5.41, 5.74) is 2.53. The first-order chi connectivity index (χ1) is 12.7. The smallest absolute Gasteiger partial charge is 0.348 e. The van der Waals surface area contributed by atoms with Gasteiger partial charge in [0.2, 0.25) is 5.91 Å². The minimum atomic E-state index is -0.358. The second-order valence-corrected chi connectivity index (χ2v) is 6.71. The molecule has 26 heavy (non-hydrogen) atoms. The molecule has 0 atom stereocenters. The van der Waals surface area contributed by atoms with E-state index in [4.69, 9.17) is 4.74 Å². The fourth-order valence-electron chi connectivity index (χ4n) is 2.43. The molecule has 5 nitrogen and oxygen atoms in total. The molecule has 0 aliphatic heterocycles. The van der Waals surface area contributed by atoms with Crippen LogP contribution in [-0.2, 0) is 16.0 Å². The molecular formula is C20H18N2O3S. The average molecular weight is 366 g/mol. The van der Waals surface area contributed by atoms with Crippen LogP contribution in [0.3, 0.4) is 0 Å². The molecule has 132 valence electrons. The van der Waals surface area contributed by atoms with Gasteiger partial charge in [-0.25, -0.2) is 4.79 Å². The van der Waals surface area contributed by atoms with E-state index in [9.17, 15) is 9.59 Å². The van der Waals surface area contributed by atoms with Gasteiger partial charge < -0.3 is 10.1 Å². The molecule has 6 heteroatoms. The highest BCUT2D eigenvalue weighted by Gasteiger charge is 2.11. The van der Waals surface area contributed by atoms with Crippen molar-refractivity contribution in [3.63, 3.8) is 0 Å². The Bertz CT molecular complexity index is 889. The van der Waals surface area contributed by atoms with Crippen LogP contribution in [0.1, 0.15) is 21.7 Å². The van der Waals surface area contributed by atoms with Crippen molar-refractivity contribution in [1.29, 1.82) is 0 Å². The lowest BCUT2D eigenvalue weighted by atomic mass is 10.1. The molecule has 0 aliphatic carbocycles. The third kappa shape index (κ3) is 4.55. The van der Waals surface area contributed by atoms with Gasteiger partial charge in [0.05, 0.1) is 29.6 Å². The molecule has 2 heterocycles. The zero-order valence-electron chi connectivity index (χ0n) is 14.3. The summed E-state index contributed by atoms with van der Waals surface area (Å²) in [6, 6.07) is 17.1. The molecule has 1 aromatic carbocycles. The SMILES string of the molecule is COC(=O)c1ccc(-c2ccc(NC(=O)CCc3ccccc3)cn2)s1. The molecule has 0 bridgehead atoms. The molecule has 0 saturated heterocycles. The lowest BCUT2D eigenvalue weighted by Crippen LogP contribution is -2.12. The molecule has 0 spiro atoms. The number of hydrogen-bond acceptors (Lipinski definition) is 5. The van der Waals surface area contributed by atoms with Crippen LogP contribution in [0, 0.1) is 0 Å². The zero-order chi connectivity index (χ0) is 18.4. The summed E-state index contributed by atoms with van der Waals surface area (Å²) < 4.78 is 4.71. The number of nitrogens with one attached hydrogen (secondary N) is 1. The largest absolute Gasteiger partial charge is 0.465 e. The monoisotopic (exact) mass is 366 g/mol. The van der Waals surface area contributed by atoms with Crippen LogP contribution in [-0.4, -0.2) is 24.0 Å². The Morgan fingerprint density at radius 1 is 1.08 bits per heavy atom. The molecule has 0 unspecified atom stereocenters. The first kappa shape index (κ1) is 17.8. The number of methoxy groups -OCH3 is 1. The molecule has 0 radical (unpaired) electrons. The molecule has 3 rings (SSSR count). The van der Waals surface area contributed by atoms with Crippen molar-refractivity contribution >= 4 is 28.9 Å². The summed E-state index contributed by atoms with van der Waals surface area (Å²) in [6.07, 6.45) is 2.73. The highest BCUT2D eigenvalue weighted by atomic mass is 32.1. The van der Waals surface area contributed by atoms with E-state index < -0.39 is 0 Å². The fraction of sp³-hybridized carbons (Fsp3) is 0.150. The van der Waals surface area contributed by atoms with Crippen LogP contribution in [0.15, 0.2) is 60.8 Å². The number of hydrogen-bond donors (Lipinski definition) is 1. The maximum Gasteiger partial charge on any atom is 0.348 e. The number of nitrogens with zero attached hydrogens (tertiary/aromatic N) is 1. The predicted octanol–water partition coefficient (Wildman–Crippen LogP) is 4.17. The Morgan fingerprint density at radius 2 is 1.88 bits per heavy atom. The number of amides is 1. The van der Waals surface area contributed by atoms with Gasteiger partial charge in [0.1, 0.15) is 4.88 Å². The number of esters is 1. The summed E-state index contributed by atoms with van der Waals surface area (Å²) in [5, 5.41) is 2.85. The number of aromatic nitrogens is 1. The second kappa shape index (κ2) is 8.40. The van der Waals surface area contributed by atoms with E-state index in [0.29, 0.717) is 23.4 Å². The summed E-state index contributed by atoms with van der Waals surface area (Å²) in [4.78, 5) is 29.3. The van der Waals surface area contributed by atoms with Gasteiger partial charge in [-0.2, -0.15) is 0 Å². The summed E-state index contributed by atoms with van der Waals surface area (Å²) in [6.45, 7) is 0. The molecule has 2 aromatic heterocycles. The van der Waals surface area contributed by atoms with E-state index in [1.54, 1.807) is 18.3 Å². The van der Waals surface area contributed by atoms with Gasteiger partial charge in [-0.3, -0.25) is 9.78 Å². The number of rotatable bonds is 6. The molecule has 0 aliphatic rings. The van der Waals surface area contributed by atoms with Crippen LogP contribution >= 0.6 is 11.3 Å². The zero-order valence-corrected chi connectivity index (χ0v) is 15.1.